The predicted molar refractivity (Wildman–Crippen MR) is 113 cm³/mol. The number of nitrogens with one attached hydrogen (secondary N) is 1. The van der Waals surface area contributed by atoms with Crippen LogP contribution < -0.4 is 14.8 Å². The topological polar surface area (TPSA) is 77.1 Å². The number of amides is 2. The molecule has 3 rings (SSSR count). The number of hydrogen-bond donors (Lipinski definition) is 1. The van der Waals surface area contributed by atoms with Crippen molar-refractivity contribution in [3.05, 3.63) is 23.3 Å². The number of benzene rings is 1. The molecule has 8 heteroatoms. The third-order valence-corrected chi connectivity index (χ3v) is 6.75. The van der Waals surface area contributed by atoms with E-state index in [1.54, 1.807) is 23.8 Å². The third kappa shape index (κ3) is 3.92. The summed E-state index contributed by atoms with van der Waals surface area (Å²) in [5, 5.41) is 2.77. The molecule has 160 valence electrons. The summed E-state index contributed by atoms with van der Waals surface area (Å²) in [6, 6.07) is 3.13. The molecule has 1 unspecified atom stereocenters. The second kappa shape index (κ2) is 8.44. The van der Waals surface area contributed by atoms with Gasteiger partial charge in [0.25, 0.3) is 5.91 Å². The van der Waals surface area contributed by atoms with Crippen LogP contribution in [0.25, 0.3) is 0 Å². The molecular weight excluding hydrogens is 392 g/mol. The Morgan fingerprint density at radius 3 is 2.62 bits per heavy atom. The highest BCUT2D eigenvalue weighted by molar-refractivity contribution is 8.01. The Balaban J connectivity index is 1.81. The van der Waals surface area contributed by atoms with E-state index in [-0.39, 0.29) is 23.3 Å². The maximum absolute atomic E-state index is 13.4. The SMILES string of the molecule is COc1ccc2c(c1OC)C(=O)N1C2SC(C)(C)[C@H]1C(=O)NCCCOC(C)C. The van der Waals surface area contributed by atoms with E-state index in [2.05, 4.69) is 5.32 Å². The van der Waals surface area contributed by atoms with Crippen molar-refractivity contribution >= 4 is 23.6 Å². The summed E-state index contributed by atoms with van der Waals surface area (Å²) in [4.78, 5) is 28.1. The number of hydrogen-bond acceptors (Lipinski definition) is 6. The summed E-state index contributed by atoms with van der Waals surface area (Å²) in [6.07, 6.45) is 0.900. The largest absolute Gasteiger partial charge is 0.493 e. The molecule has 1 aromatic carbocycles. The van der Waals surface area contributed by atoms with Gasteiger partial charge in [0.2, 0.25) is 5.91 Å². The molecule has 1 fully saturated rings. The van der Waals surface area contributed by atoms with Crippen molar-refractivity contribution in [3.8, 4) is 11.5 Å². The highest BCUT2D eigenvalue weighted by Gasteiger charge is 2.58. The molecule has 0 radical (unpaired) electrons. The number of carbonyl (C=O) groups excluding carboxylic acids is 2. The number of carbonyl (C=O) groups is 2. The Hall–Kier alpha value is -1.93. The van der Waals surface area contributed by atoms with Crippen LogP contribution in [-0.2, 0) is 9.53 Å². The van der Waals surface area contributed by atoms with Crippen LogP contribution >= 0.6 is 11.8 Å². The van der Waals surface area contributed by atoms with Crippen LogP contribution in [0.2, 0.25) is 0 Å². The zero-order valence-electron chi connectivity index (χ0n) is 17.9. The van der Waals surface area contributed by atoms with E-state index in [0.29, 0.717) is 30.2 Å². The number of nitrogens with zero attached hydrogens (tertiary/aromatic N) is 1. The second-order valence-corrected chi connectivity index (χ2v) is 9.75. The first-order chi connectivity index (χ1) is 13.7. The highest BCUT2D eigenvalue weighted by Crippen LogP contribution is 2.58. The lowest BCUT2D eigenvalue weighted by atomic mass is 10.0. The van der Waals surface area contributed by atoms with Gasteiger partial charge >= 0.3 is 0 Å². The lowest BCUT2D eigenvalue weighted by molar-refractivity contribution is -0.126. The van der Waals surface area contributed by atoms with Crippen molar-refractivity contribution in [2.24, 2.45) is 0 Å². The van der Waals surface area contributed by atoms with Gasteiger partial charge in [-0.3, -0.25) is 9.59 Å². The van der Waals surface area contributed by atoms with Gasteiger partial charge in [-0.25, -0.2) is 0 Å². The first-order valence-electron chi connectivity index (χ1n) is 9.87. The van der Waals surface area contributed by atoms with Crippen molar-refractivity contribution in [3.63, 3.8) is 0 Å². The molecule has 7 nitrogen and oxygen atoms in total. The zero-order chi connectivity index (χ0) is 21.3. The van der Waals surface area contributed by atoms with E-state index in [9.17, 15) is 9.59 Å². The molecular formula is C21H30N2O5S. The zero-order valence-corrected chi connectivity index (χ0v) is 18.7. The van der Waals surface area contributed by atoms with E-state index < -0.39 is 10.8 Å². The molecule has 0 aliphatic carbocycles. The van der Waals surface area contributed by atoms with Crippen LogP contribution in [0.1, 0.15) is 55.4 Å². The quantitative estimate of drug-likeness (QED) is 0.649. The monoisotopic (exact) mass is 422 g/mol. The first-order valence-corrected chi connectivity index (χ1v) is 10.8. The standard InChI is InChI=1S/C21H30N2O5S/c1-12(2)28-11-7-10-22-18(24)17-21(3,4)29-20-13-8-9-14(26-5)16(27-6)15(13)19(25)23(17)20/h8-9,12,17,20H,7,10-11H2,1-6H3,(H,22,24)/t17-,20?/m1/s1. The van der Waals surface area contributed by atoms with Crippen LogP contribution in [0.3, 0.4) is 0 Å². The van der Waals surface area contributed by atoms with Gasteiger partial charge in [0.1, 0.15) is 11.4 Å². The van der Waals surface area contributed by atoms with Gasteiger partial charge in [0.15, 0.2) is 11.5 Å². The fraction of sp³-hybridized carbons (Fsp3) is 0.619. The number of methoxy groups -OCH3 is 2. The Morgan fingerprint density at radius 2 is 2.00 bits per heavy atom. The minimum atomic E-state index is -0.570. The van der Waals surface area contributed by atoms with Crippen molar-refractivity contribution in [1.82, 2.24) is 10.2 Å². The van der Waals surface area contributed by atoms with Crippen LogP contribution in [0.15, 0.2) is 12.1 Å². The summed E-state index contributed by atoms with van der Waals surface area (Å²) in [6.45, 7) is 9.09. The molecule has 2 atom stereocenters. The number of thioether (sulfide) groups is 1. The van der Waals surface area contributed by atoms with Crippen molar-refractivity contribution in [2.45, 2.75) is 56.4 Å². The molecule has 0 bridgehead atoms. The molecule has 2 aliphatic heterocycles. The third-order valence-electron chi connectivity index (χ3n) is 5.22. The highest BCUT2D eigenvalue weighted by atomic mass is 32.2. The van der Waals surface area contributed by atoms with Crippen LogP contribution in [0.4, 0.5) is 0 Å². The van der Waals surface area contributed by atoms with Gasteiger partial charge in [0, 0.05) is 23.5 Å². The summed E-state index contributed by atoms with van der Waals surface area (Å²) < 4.78 is 15.9. The normalized spacial score (nSPS) is 21.9. The predicted octanol–water partition coefficient (Wildman–Crippen LogP) is 2.98. The van der Waals surface area contributed by atoms with E-state index in [0.717, 1.165) is 12.0 Å². The molecule has 0 spiro atoms. The van der Waals surface area contributed by atoms with Crippen LogP contribution in [0.5, 0.6) is 11.5 Å². The Labute approximate surface area is 176 Å². The molecule has 2 aliphatic rings. The lowest BCUT2D eigenvalue weighted by Crippen LogP contribution is -2.52. The minimum absolute atomic E-state index is 0.137. The molecule has 2 heterocycles. The smallest absolute Gasteiger partial charge is 0.260 e. The van der Waals surface area contributed by atoms with Crippen molar-refractivity contribution < 1.29 is 23.8 Å². The van der Waals surface area contributed by atoms with Gasteiger partial charge in [0.05, 0.1) is 25.9 Å². The fourth-order valence-corrected chi connectivity index (χ4v) is 5.53. The molecule has 0 aromatic heterocycles. The van der Waals surface area contributed by atoms with E-state index in [1.165, 1.54) is 7.11 Å². The molecule has 1 N–H and O–H groups in total. The van der Waals surface area contributed by atoms with Gasteiger partial charge in [-0.15, -0.1) is 11.8 Å². The van der Waals surface area contributed by atoms with Gasteiger partial charge in [-0.05, 0) is 40.2 Å². The Morgan fingerprint density at radius 1 is 1.28 bits per heavy atom. The van der Waals surface area contributed by atoms with Crippen molar-refractivity contribution in [1.29, 1.82) is 0 Å². The van der Waals surface area contributed by atoms with Gasteiger partial charge in [-0.1, -0.05) is 6.07 Å². The summed E-state index contributed by atoms with van der Waals surface area (Å²) in [5.41, 5.74) is 1.36. The molecule has 0 saturated carbocycles. The second-order valence-electron chi connectivity index (χ2n) is 8.02. The molecule has 1 aromatic rings. The van der Waals surface area contributed by atoms with Crippen molar-refractivity contribution in [2.75, 3.05) is 27.4 Å². The minimum Gasteiger partial charge on any atom is -0.493 e. The Kier molecular flexibility index (Phi) is 6.33. The fourth-order valence-electron chi connectivity index (χ4n) is 3.96. The van der Waals surface area contributed by atoms with E-state index in [4.69, 9.17) is 14.2 Å². The van der Waals surface area contributed by atoms with Gasteiger partial charge < -0.3 is 24.4 Å². The molecule has 29 heavy (non-hydrogen) atoms. The van der Waals surface area contributed by atoms with E-state index in [1.807, 2.05) is 39.8 Å². The van der Waals surface area contributed by atoms with Crippen LogP contribution in [-0.4, -0.2) is 61.0 Å². The van der Waals surface area contributed by atoms with Crippen LogP contribution in [0, 0.1) is 0 Å². The number of ether oxygens (including phenoxy) is 3. The van der Waals surface area contributed by atoms with E-state index >= 15 is 0 Å². The van der Waals surface area contributed by atoms with Gasteiger partial charge in [-0.2, -0.15) is 0 Å². The summed E-state index contributed by atoms with van der Waals surface area (Å²) >= 11 is 1.62. The molecule has 1 saturated heterocycles. The number of fused-ring (bicyclic) bond motifs is 3. The molecule has 2 amide bonds. The Bertz CT molecular complexity index is 796. The summed E-state index contributed by atoms with van der Waals surface area (Å²) in [5.74, 6) is 0.604. The number of rotatable bonds is 8. The average Bonchev–Trinajstić information content (AvgIpc) is 3.09. The lowest BCUT2D eigenvalue weighted by Gasteiger charge is -2.29. The average molecular weight is 423 g/mol. The first kappa shape index (κ1) is 21.8. The maximum Gasteiger partial charge on any atom is 0.260 e. The maximum atomic E-state index is 13.4. The summed E-state index contributed by atoms with van der Waals surface area (Å²) in [7, 11) is 3.07.